The van der Waals surface area contributed by atoms with Gasteiger partial charge < -0.3 is 15.2 Å². The van der Waals surface area contributed by atoms with E-state index in [0.717, 1.165) is 0 Å². The zero-order chi connectivity index (χ0) is 15.7. The molecule has 0 aliphatic rings. The molecule has 4 nitrogen and oxygen atoms in total. The van der Waals surface area contributed by atoms with E-state index in [-0.39, 0.29) is 24.9 Å². The number of benzene rings is 1. The van der Waals surface area contributed by atoms with E-state index in [1.807, 2.05) is 6.92 Å². The van der Waals surface area contributed by atoms with E-state index in [4.69, 9.17) is 9.84 Å². The molecule has 0 saturated carbocycles. The van der Waals surface area contributed by atoms with Crippen LogP contribution in [0.2, 0.25) is 0 Å². The maximum absolute atomic E-state index is 13.3. The number of methoxy groups -OCH3 is 1. The van der Waals surface area contributed by atoms with Gasteiger partial charge in [-0.1, -0.05) is 18.8 Å². The van der Waals surface area contributed by atoms with Crippen molar-refractivity contribution in [2.24, 2.45) is 5.92 Å². The second-order valence-corrected chi connectivity index (χ2v) is 4.74. The normalized spacial score (nSPS) is 11.4. The predicted octanol–water partition coefficient (Wildman–Crippen LogP) is 1.57. The standard InChI is InChI=1S/C16H20FNO3/c1-12(11-21-2)10-18-16(20)15-7-6-14(17)9-13(15)5-3-4-8-19/h6-7,9,12,19H,4,8,10-11H2,1-2H3,(H,18,20). The van der Waals surface area contributed by atoms with Crippen molar-refractivity contribution in [2.45, 2.75) is 13.3 Å². The minimum atomic E-state index is -0.451. The highest BCUT2D eigenvalue weighted by Crippen LogP contribution is 2.11. The first-order chi connectivity index (χ1) is 10.1. The summed E-state index contributed by atoms with van der Waals surface area (Å²) in [5, 5.41) is 11.5. The molecule has 1 rings (SSSR count). The molecule has 0 aliphatic heterocycles. The van der Waals surface area contributed by atoms with Gasteiger partial charge in [-0.3, -0.25) is 4.79 Å². The van der Waals surface area contributed by atoms with Crippen LogP contribution >= 0.6 is 0 Å². The zero-order valence-corrected chi connectivity index (χ0v) is 12.3. The number of aliphatic hydroxyl groups is 1. The highest BCUT2D eigenvalue weighted by molar-refractivity contribution is 5.96. The highest BCUT2D eigenvalue weighted by atomic mass is 19.1. The first kappa shape index (κ1) is 17.2. The number of rotatable bonds is 6. The molecule has 0 radical (unpaired) electrons. The van der Waals surface area contributed by atoms with Crippen LogP contribution in [-0.4, -0.2) is 37.9 Å². The van der Waals surface area contributed by atoms with E-state index >= 15 is 0 Å². The molecule has 1 aromatic rings. The second-order valence-electron chi connectivity index (χ2n) is 4.74. The maximum atomic E-state index is 13.3. The van der Waals surface area contributed by atoms with Crippen LogP contribution in [0.1, 0.15) is 29.3 Å². The van der Waals surface area contributed by atoms with Gasteiger partial charge in [-0.2, -0.15) is 0 Å². The quantitative estimate of drug-likeness (QED) is 0.783. The summed E-state index contributed by atoms with van der Waals surface area (Å²) in [5.74, 6) is 4.84. The Kier molecular flexibility index (Phi) is 7.44. The summed E-state index contributed by atoms with van der Waals surface area (Å²) in [4.78, 5) is 12.1. The van der Waals surface area contributed by atoms with Crippen LogP contribution < -0.4 is 5.32 Å². The van der Waals surface area contributed by atoms with Crippen molar-refractivity contribution >= 4 is 5.91 Å². The van der Waals surface area contributed by atoms with Crippen molar-refractivity contribution < 1.29 is 19.0 Å². The average molecular weight is 293 g/mol. The number of aliphatic hydroxyl groups excluding tert-OH is 1. The molecule has 0 aromatic heterocycles. The van der Waals surface area contributed by atoms with Crippen molar-refractivity contribution in [3.05, 3.63) is 35.1 Å². The number of amides is 1. The van der Waals surface area contributed by atoms with Gasteiger partial charge in [0, 0.05) is 25.6 Å². The summed E-state index contributed by atoms with van der Waals surface area (Å²) in [6.07, 6.45) is 0.280. The van der Waals surface area contributed by atoms with Gasteiger partial charge in [-0.25, -0.2) is 4.39 Å². The van der Waals surface area contributed by atoms with Crippen molar-refractivity contribution in [3.8, 4) is 11.8 Å². The minimum Gasteiger partial charge on any atom is -0.395 e. The number of halogens is 1. The van der Waals surface area contributed by atoms with Crippen LogP contribution in [0.25, 0.3) is 0 Å². The van der Waals surface area contributed by atoms with Crippen molar-refractivity contribution in [2.75, 3.05) is 26.9 Å². The Hall–Kier alpha value is -1.90. The molecule has 114 valence electrons. The molecule has 0 bridgehead atoms. The molecule has 0 heterocycles. The Morgan fingerprint density at radius 2 is 2.29 bits per heavy atom. The van der Waals surface area contributed by atoms with E-state index in [9.17, 15) is 9.18 Å². The molecule has 1 amide bonds. The summed E-state index contributed by atoms with van der Waals surface area (Å²) in [6.45, 7) is 2.90. The van der Waals surface area contributed by atoms with Gasteiger partial charge in [0.2, 0.25) is 0 Å². The number of carbonyl (C=O) groups is 1. The summed E-state index contributed by atoms with van der Waals surface area (Å²) >= 11 is 0. The third-order valence-corrected chi connectivity index (χ3v) is 2.75. The summed E-state index contributed by atoms with van der Waals surface area (Å²) in [5.41, 5.74) is 0.645. The zero-order valence-electron chi connectivity index (χ0n) is 12.3. The number of hydrogen-bond acceptors (Lipinski definition) is 3. The molecule has 2 N–H and O–H groups in total. The summed E-state index contributed by atoms with van der Waals surface area (Å²) in [6, 6.07) is 3.86. The van der Waals surface area contributed by atoms with Crippen molar-refractivity contribution in [1.82, 2.24) is 5.32 Å². The van der Waals surface area contributed by atoms with Gasteiger partial charge in [0.05, 0.1) is 18.8 Å². The lowest BCUT2D eigenvalue weighted by Crippen LogP contribution is -2.30. The molecule has 1 unspecified atom stereocenters. The van der Waals surface area contributed by atoms with Crippen LogP contribution in [0.4, 0.5) is 4.39 Å². The molecule has 5 heteroatoms. The Morgan fingerprint density at radius 1 is 1.52 bits per heavy atom. The molecular formula is C16H20FNO3. The van der Waals surface area contributed by atoms with E-state index in [2.05, 4.69) is 17.2 Å². The average Bonchev–Trinajstić information content (AvgIpc) is 2.45. The summed E-state index contributed by atoms with van der Waals surface area (Å²) in [7, 11) is 1.60. The molecule has 21 heavy (non-hydrogen) atoms. The van der Waals surface area contributed by atoms with Crippen LogP contribution in [0.5, 0.6) is 0 Å². The maximum Gasteiger partial charge on any atom is 0.252 e. The number of carbonyl (C=O) groups excluding carboxylic acids is 1. The first-order valence-corrected chi connectivity index (χ1v) is 6.75. The molecule has 0 spiro atoms. The van der Waals surface area contributed by atoms with E-state index in [1.54, 1.807) is 7.11 Å². The summed E-state index contributed by atoms with van der Waals surface area (Å²) < 4.78 is 18.3. The monoisotopic (exact) mass is 293 g/mol. The highest BCUT2D eigenvalue weighted by Gasteiger charge is 2.12. The molecule has 0 aliphatic carbocycles. The van der Waals surface area contributed by atoms with E-state index in [1.165, 1.54) is 18.2 Å². The fourth-order valence-corrected chi connectivity index (χ4v) is 1.74. The molecular weight excluding hydrogens is 273 g/mol. The smallest absolute Gasteiger partial charge is 0.252 e. The Bertz CT molecular complexity index is 534. The number of ether oxygens (including phenoxy) is 1. The molecule has 0 fully saturated rings. The number of nitrogens with one attached hydrogen (secondary N) is 1. The lowest BCUT2D eigenvalue weighted by molar-refractivity contribution is 0.0934. The Morgan fingerprint density at radius 3 is 2.95 bits per heavy atom. The topological polar surface area (TPSA) is 58.6 Å². The van der Waals surface area contributed by atoms with E-state index in [0.29, 0.717) is 24.3 Å². The van der Waals surface area contributed by atoms with Gasteiger partial charge in [-0.05, 0) is 24.1 Å². The Labute approximate surface area is 124 Å². The van der Waals surface area contributed by atoms with Crippen molar-refractivity contribution in [3.63, 3.8) is 0 Å². The third kappa shape index (κ3) is 5.94. The SMILES string of the molecule is COCC(C)CNC(=O)c1ccc(F)cc1C#CCCO. The van der Waals surface area contributed by atoms with Gasteiger partial charge in [0.1, 0.15) is 5.82 Å². The van der Waals surface area contributed by atoms with Gasteiger partial charge in [0.25, 0.3) is 5.91 Å². The largest absolute Gasteiger partial charge is 0.395 e. The fourth-order valence-electron chi connectivity index (χ4n) is 1.74. The minimum absolute atomic E-state index is 0.0711. The Balaban J connectivity index is 2.81. The third-order valence-electron chi connectivity index (χ3n) is 2.75. The van der Waals surface area contributed by atoms with Crippen LogP contribution in [0.15, 0.2) is 18.2 Å². The number of hydrogen-bond donors (Lipinski definition) is 2. The fraction of sp³-hybridized carbons (Fsp3) is 0.438. The molecule has 1 aromatic carbocycles. The van der Waals surface area contributed by atoms with Crippen molar-refractivity contribution in [1.29, 1.82) is 0 Å². The molecule has 1 atom stereocenters. The van der Waals surface area contributed by atoms with Gasteiger partial charge >= 0.3 is 0 Å². The van der Waals surface area contributed by atoms with Crippen LogP contribution in [0.3, 0.4) is 0 Å². The predicted molar refractivity (Wildman–Crippen MR) is 78.4 cm³/mol. The lowest BCUT2D eigenvalue weighted by Gasteiger charge is -2.12. The van der Waals surface area contributed by atoms with Gasteiger partial charge in [-0.15, -0.1) is 0 Å². The molecule has 0 saturated heterocycles. The van der Waals surface area contributed by atoms with Gasteiger partial charge in [0.15, 0.2) is 0 Å². The second kappa shape index (κ2) is 9.11. The van der Waals surface area contributed by atoms with Crippen LogP contribution in [-0.2, 0) is 4.74 Å². The lowest BCUT2D eigenvalue weighted by atomic mass is 10.1. The van der Waals surface area contributed by atoms with Crippen LogP contribution in [0, 0.1) is 23.6 Å². The first-order valence-electron chi connectivity index (χ1n) is 6.75. The van der Waals surface area contributed by atoms with E-state index < -0.39 is 5.82 Å².